The molecular formula is C17H16ClN3O2. The Kier molecular flexibility index (Phi) is 4.21. The smallest absolute Gasteiger partial charge is 0.358 e. The third kappa shape index (κ3) is 3.14. The van der Waals surface area contributed by atoms with Gasteiger partial charge in [-0.15, -0.1) is 0 Å². The Morgan fingerprint density at radius 2 is 2.22 bits per heavy atom. The number of benzene rings is 1. The molecule has 3 rings (SSSR count). The summed E-state index contributed by atoms with van der Waals surface area (Å²) < 4.78 is 6.96. The zero-order valence-corrected chi connectivity index (χ0v) is 13.6. The molecule has 118 valence electrons. The molecular weight excluding hydrogens is 314 g/mol. The van der Waals surface area contributed by atoms with Crippen molar-refractivity contribution in [2.45, 2.75) is 6.92 Å². The highest BCUT2D eigenvalue weighted by Gasteiger charge is 2.10. The number of nitrogens with one attached hydrogen (secondary N) is 1. The lowest BCUT2D eigenvalue weighted by Crippen LogP contribution is -2.04. The van der Waals surface area contributed by atoms with Crippen LogP contribution in [0.15, 0.2) is 30.5 Å². The van der Waals surface area contributed by atoms with Crippen molar-refractivity contribution in [3.8, 4) is 0 Å². The zero-order chi connectivity index (χ0) is 16.4. The van der Waals surface area contributed by atoms with E-state index < -0.39 is 5.97 Å². The number of hydrogen-bond acceptors (Lipinski definition) is 3. The second-order valence-corrected chi connectivity index (χ2v) is 5.56. The van der Waals surface area contributed by atoms with E-state index in [9.17, 15) is 4.79 Å². The van der Waals surface area contributed by atoms with Crippen LogP contribution in [0.25, 0.3) is 23.1 Å². The molecule has 1 N–H and O–H groups in total. The lowest BCUT2D eigenvalue weighted by Gasteiger charge is -1.95. The number of fused-ring (bicyclic) bond motifs is 1. The van der Waals surface area contributed by atoms with E-state index in [0.29, 0.717) is 11.6 Å². The molecule has 0 saturated heterocycles. The first-order chi connectivity index (χ1) is 11.1. The normalized spacial score (nSPS) is 11.4. The van der Waals surface area contributed by atoms with Gasteiger partial charge in [0.2, 0.25) is 0 Å². The van der Waals surface area contributed by atoms with E-state index >= 15 is 0 Å². The van der Waals surface area contributed by atoms with E-state index in [1.165, 1.54) is 0 Å². The highest BCUT2D eigenvalue weighted by molar-refractivity contribution is 6.31. The molecule has 0 spiro atoms. The Morgan fingerprint density at radius 1 is 1.39 bits per heavy atom. The van der Waals surface area contributed by atoms with Gasteiger partial charge in [0.25, 0.3) is 0 Å². The van der Waals surface area contributed by atoms with Crippen molar-refractivity contribution in [3.05, 3.63) is 52.4 Å². The zero-order valence-electron chi connectivity index (χ0n) is 12.8. The van der Waals surface area contributed by atoms with Gasteiger partial charge in [0, 0.05) is 34.7 Å². The summed E-state index contributed by atoms with van der Waals surface area (Å²) in [5.74, 6) is -0.430. The minimum atomic E-state index is -0.430. The number of nitrogens with zero attached hydrogens (tertiary/aromatic N) is 2. The fourth-order valence-corrected chi connectivity index (χ4v) is 2.61. The van der Waals surface area contributed by atoms with Gasteiger partial charge in [-0.05, 0) is 37.3 Å². The molecule has 0 aliphatic carbocycles. The maximum absolute atomic E-state index is 11.6. The number of carbonyl (C=O) groups excluding carboxylic acids is 1. The van der Waals surface area contributed by atoms with E-state index in [2.05, 4.69) is 10.2 Å². The quantitative estimate of drug-likeness (QED) is 0.738. The van der Waals surface area contributed by atoms with Crippen LogP contribution in [0.4, 0.5) is 0 Å². The van der Waals surface area contributed by atoms with Crippen LogP contribution in [0, 0.1) is 0 Å². The van der Waals surface area contributed by atoms with Gasteiger partial charge in [-0.25, -0.2) is 4.79 Å². The predicted molar refractivity (Wildman–Crippen MR) is 91.4 cm³/mol. The highest BCUT2D eigenvalue weighted by Crippen LogP contribution is 2.25. The molecule has 0 atom stereocenters. The van der Waals surface area contributed by atoms with Crippen LogP contribution in [-0.4, -0.2) is 27.3 Å². The van der Waals surface area contributed by atoms with Crippen LogP contribution in [-0.2, 0) is 11.8 Å². The molecule has 6 heteroatoms. The van der Waals surface area contributed by atoms with Gasteiger partial charge >= 0.3 is 5.97 Å². The van der Waals surface area contributed by atoms with Crippen molar-refractivity contribution in [1.82, 2.24) is 14.8 Å². The molecule has 0 bridgehead atoms. The van der Waals surface area contributed by atoms with Gasteiger partial charge in [0.1, 0.15) is 0 Å². The Morgan fingerprint density at radius 3 is 3.00 bits per heavy atom. The fraction of sp³-hybridized carbons (Fsp3) is 0.176. The molecule has 0 aliphatic rings. The SMILES string of the molecule is CCOC(=O)c1cc(/C=C/c2cn(C)c3ccc(Cl)cc23)[nH]n1. The maximum atomic E-state index is 11.6. The van der Waals surface area contributed by atoms with Gasteiger partial charge in [-0.3, -0.25) is 5.10 Å². The number of rotatable bonds is 4. The number of aromatic amines is 1. The molecule has 5 nitrogen and oxygen atoms in total. The molecule has 1 aromatic carbocycles. The first kappa shape index (κ1) is 15.4. The van der Waals surface area contributed by atoms with Crippen LogP contribution in [0.5, 0.6) is 0 Å². The van der Waals surface area contributed by atoms with Crippen molar-refractivity contribution in [1.29, 1.82) is 0 Å². The number of hydrogen-bond donors (Lipinski definition) is 1. The van der Waals surface area contributed by atoms with E-state index in [0.717, 1.165) is 22.2 Å². The molecule has 2 aromatic heterocycles. The van der Waals surface area contributed by atoms with Crippen LogP contribution in [0.2, 0.25) is 5.02 Å². The number of esters is 1. The van der Waals surface area contributed by atoms with Crippen molar-refractivity contribution < 1.29 is 9.53 Å². The average molecular weight is 330 g/mol. The molecule has 3 aromatic rings. The fourth-order valence-electron chi connectivity index (χ4n) is 2.44. The van der Waals surface area contributed by atoms with E-state index in [-0.39, 0.29) is 5.69 Å². The second kappa shape index (κ2) is 6.30. The summed E-state index contributed by atoms with van der Waals surface area (Å²) in [7, 11) is 1.99. The summed E-state index contributed by atoms with van der Waals surface area (Å²) in [5, 5.41) is 8.53. The first-order valence-electron chi connectivity index (χ1n) is 7.23. The number of ether oxygens (including phenoxy) is 1. The topological polar surface area (TPSA) is 59.9 Å². The average Bonchev–Trinajstić information content (AvgIpc) is 3.11. The minimum Gasteiger partial charge on any atom is -0.461 e. The molecule has 0 unspecified atom stereocenters. The number of aromatic nitrogens is 3. The van der Waals surface area contributed by atoms with E-state index in [1.807, 2.05) is 48.2 Å². The molecule has 0 amide bonds. The Balaban J connectivity index is 1.89. The Hall–Kier alpha value is -2.53. The molecule has 2 heterocycles. The standard InChI is InChI=1S/C17H16ClN3O2/c1-3-23-17(22)15-9-13(19-20-15)6-4-11-10-21(2)16-7-5-12(18)8-14(11)16/h4-10H,3H2,1-2H3,(H,19,20)/b6-4+. The summed E-state index contributed by atoms with van der Waals surface area (Å²) in [6.45, 7) is 2.09. The molecule has 0 aliphatic heterocycles. The van der Waals surface area contributed by atoms with Gasteiger partial charge < -0.3 is 9.30 Å². The number of carbonyl (C=O) groups is 1. The van der Waals surface area contributed by atoms with Crippen LogP contribution >= 0.6 is 11.6 Å². The molecule has 0 radical (unpaired) electrons. The van der Waals surface area contributed by atoms with Crippen LogP contribution < -0.4 is 0 Å². The third-order valence-electron chi connectivity index (χ3n) is 3.51. The van der Waals surface area contributed by atoms with E-state index in [4.69, 9.17) is 16.3 Å². The summed E-state index contributed by atoms with van der Waals surface area (Å²) >= 11 is 6.08. The highest BCUT2D eigenvalue weighted by atomic mass is 35.5. The molecule has 0 fully saturated rings. The van der Waals surface area contributed by atoms with Crippen molar-refractivity contribution in [3.63, 3.8) is 0 Å². The third-order valence-corrected chi connectivity index (χ3v) is 3.74. The largest absolute Gasteiger partial charge is 0.461 e. The van der Waals surface area contributed by atoms with Gasteiger partial charge in [0.05, 0.1) is 12.3 Å². The molecule has 23 heavy (non-hydrogen) atoms. The first-order valence-corrected chi connectivity index (χ1v) is 7.61. The van der Waals surface area contributed by atoms with E-state index in [1.54, 1.807) is 13.0 Å². The number of H-pyrrole nitrogens is 1. The lowest BCUT2D eigenvalue weighted by molar-refractivity contribution is 0.0519. The molecule has 0 saturated carbocycles. The van der Waals surface area contributed by atoms with Gasteiger partial charge in [-0.2, -0.15) is 5.10 Å². The Bertz CT molecular complexity index is 893. The second-order valence-electron chi connectivity index (χ2n) is 5.12. The lowest BCUT2D eigenvalue weighted by atomic mass is 10.1. The summed E-state index contributed by atoms with van der Waals surface area (Å²) in [6.07, 6.45) is 5.85. The van der Waals surface area contributed by atoms with Crippen LogP contribution in [0.1, 0.15) is 28.7 Å². The van der Waals surface area contributed by atoms with Gasteiger partial charge in [0.15, 0.2) is 5.69 Å². The Labute approximate surface area is 138 Å². The van der Waals surface area contributed by atoms with Crippen molar-refractivity contribution >= 4 is 40.6 Å². The summed E-state index contributed by atoms with van der Waals surface area (Å²) in [5.41, 5.74) is 3.14. The number of halogens is 1. The minimum absolute atomic E-state index is 0.271. The number of aryl methyl sites for hydroxylation is 1. The van der Waals surface area contributed by atoms with Gasteiger partial charge in [-0.1, -0.05) is 17.7 Å². The predicted octanol–water partition coefficient (Wildman–Crippen LogP) is 3.90. The van der Waals surface area contributed by atoms with Crippen LogP contribution in [0.3, 0.4) is 0 Å². The van der Waals surface area contributed by atoms with Crippen molar-refractivity contribution in [2.75, 3.05) is 6.61 Å². The maximum Gasteiger partial charge on any atom is 0.358 e. The summed E-state index contributed by atoms with van der Waals surface area (Å²) in [6, 6.07) is 7.46. The summed E-state index contributed by atoms with van der Waals surface area (Å²) in [4.78, 5) is 11.6. The van der Waals surface area contributed by atoms with Crippen molar-refractivity contribution in [2.24, 2.45) is 7.05 Å². The monoisotopic (exact) mass is 329 g/mol.